The maximum atomic E-state index is 12.5. The quantitative estimate of drug-likeness (QED) is 0.760. The Labute approximate surface area is 166 Å². The molecule has 4 rings (SSSR count). The van der Waals surface area contributed by atoms with Crippen molar-refractivity contribution in [2.75, 3.05) is 26.2 Å². The first-order valence-electron chi connectivity index (χ1n) is 9.25. The van der Waals surface area contributed by atoms with Gasteiger partial charge in [0.05, 0.1) is 0 Å². The Hall–Kier alpha value is -1.64. The lowest BCUT2D eigenvalue weighted by Crippen LogP contribution is -2.49. The zero-order chi connectivity index (χ0) is 18.1. The van der Waals surface area contributed by atoms with Crippen molar-refractivity contribution in [1.29, 1.82) is 0 Å². The second-order valence-corrected chi connectivity index (χ2v) is 8.77. The standard InChI is InChI=1S/C18H24N4O3S.ClH/c23-18(20-14-4-3-9-19-12-14)13-7-10-22(11-8-13)17-15-5-1-2-6-16(15)26(24,25)21-17;/h1-2,5-6,13-14,19H,3-4,7-12H2,(H,20,23);1H/t14-;/m0./s1. The molecule has 0 bridgehead atoms. The summed E-state index contributed by atoms with van der Waals surface area (Å²) in [6.07, 6.45) is 3.56. The summed E-state index contributed by atoms with van der Waals surface area (Å²) in [5, 5.41) is 6.46. The number of amides is 1. The van der Waals surface area contributed by atoms with E-state index in [4.69, 9.17) is 0 Å². The van der Waals surface area contributed by atoms with E-state index in [2.05, 4.69) is 15.0 Å². The Morgan fingerprint density at radius 2 is 1.93 bits per heavy atom. The van der Waals surface area contributed by atoms with Crippen molar-refractivity contribution in [3.8, 4) is 0 Å². The molecule has 1 amide bonds. The number of rotatable bonds is 2. The molecule has 148 valence electrons. The van der Waals surface area contributed by atoms with Gasteiger partial charge in [-0.05, 0) is 44.4 Å². The number of piperidine rings is 2. The Morgan fingerprint density at radius 3 is 2.63 bits per heavy atom. The Kier molecular flexibility index (Phi) is 6.08. The summed E-state index contributed by atoms with van der Waals surface area (Å²) in [4.78, 5) is 14.8. The second kappa shape index (κ2) is 8.16. The van der Waals surface area contributed by atoms with Gasteiger partial charge in [-0.1, -0.05) is 12.1 Å². The number of amidine groups is 1. The number of nitrogens with one attached hydrogen (secondary N) is 2. The number of halogens is 1. The highest BCUT2D eigenvalue weighted by molar-refractivity contribution is 7.90. The highest BCUT2D eigenvalue weighted by Gasteiger charge is 2.34. The van der Waals surface area contributed by atoms with Crippen LogP contribution in [0.25, 0.3) is 0 Å². The third kappa shape index (κ3) is 4.12. The van der Waals surface area contributed by atoms with Crippen LogP contribution in [-0.2, 0) is 14.8 Å². The molecule has 0 radical (unpaired) electrons. The van der Waals surface area contributed by atoms with E-state index in [0.717, 1.165) is 25.9 Å². The molecule has 1 aromatic rings. The van der Waals surface area contributed by atoms with Crippen molar-refractivity contribution < 1.29 is 13.2 Å². The number of hydrogen-bond donors (Lipinski definition) is 2. The molecule has 2 fully saturated rings. The fraction of sp³-hybridized carbons (Fsp3) is 0.556. The molecule has 3 aliphatic heterocycles. The molecule has 3 heterocycles. The van der Waals surface area contributed by atoms with E-state index in [9.17, 15) is 13.2 Å². The summed E-state index contributed by atoms with van der Waals surface area (Å²) >= 11 is 0. The number of hydrogen-bond acceptors (Lipinski definition) is 5. The van der Waals surface area contributed by atoms with Crippen molar-refractivity contribution >= 4 is 34.2 Å². The van der Waals surface area contributed by atoms with Crippen LogP contribution in [0.1, 0.15) is 31.2 Å². The fourth-order valence-corrected chi connectivity index (χ4v) is 5.19. The second-order valence-electron chi connectivity index (χ2n) is 7.20. The van der Waals surface area contributed by atoms with E-state index >= 15 is 0 Å². The van der Waals surface area contributed by atoms with Crippen LogP contribution in [0, 0.1) is 5.92 Å². The van der Waals surface area contributed by atoms with Crippen molar-refractivity contribution in [2.45, 2.75) is 36.6 Å². The molecular formula is C18H25ClN4O3S. The maximum absolute atomic E-state index is 12.5. The smallest absolute Gasteiger partial charge is 0.285 e. The van der Waals surface area contributed by atoms with E-state index in [0.29, 0.717) is 37.3 Å². The first-order chi connectivity index (χ1) is 12.5. The monoisotopic (exact) mass is 412 g/mol. The average Bonchev–Trinajstić information content (AvgIpc) is 2.94. The number of likely N-dealkylation sites (tertiary alicyclic amines) is 1. The Morgan fingerprint density at radius 1 is 1.19 bits per heavy atom. The predicted octanol–water partition coefficient (Wildman–Crippen LogP) is 1.14. The zero-order valence-electron chi connectivity index (χ0n) is 15.1. The van der Waals surface area contributed by atoms with E-state index in [1.54, 1.807) is 18.2 Å². The van der Waals surface area contributed by atoms with Gasteiger partial charge < -0.3 is 15.5 Å². The van der Waals surface area contributed by atoms with Gasteiger partial charge in [0.2, 0.25) is 5.91 Å². The zero-order valence-corrected chi connectivity index (χ0v) is 16.7. The Bertz CT molecular complexity index is 829. The van der Waals surface area contributed by atoms with Gasteiger partial charge >= 0.3 is 0 Å². The average molecular weight is 413 g/mol. The molecule has 3 aliphatic rings. The minimum Gasteiger partial charge on any atom is -0.355 e. The molecule has 0 unspecified atom stereocenters. The molecule has 0 spiro atoms. The number of benzene rings is 1. The molecule has 2 saturated heterocycles. The minimum absolute atomic E-state index is 0. The minimum atomic E-state index is -3.59. The van der Waals surface area contributed by atoms with Gasteiger partial charge in [-0.3, -0.25) is 4.79 Å². The van der Waals surface area contributed by atoms with Gasteiger partial charge in [0.1, 0.15) is 4.90 Å². The van der Waals surface area contributed by atoms with E-state index in [1.165, 1.54) is 0 Å². The molecule has 1 aromatic carbocycles. The van der Waals surface area contributed by atoms with E-state index in [1.807, 2.05) is 11.0 Å². The van der Waals surface area contributed by atoms with Gasteiger partial charge in [0.25, 0.3) is 10.0 Å². The number of sulfonamides is 1. The molecule has 0 aliphatic carbocycles. The molecule has 0 aromatic heterocycles. The van der Waals surface area contributed by atoms with Crippen LogP contribution in [0.2, 0.25) is 0 Å². The van der Waals surface area contributed by atoms with Crippen LogP contribution in [0.5, 0.6) is 0 Å². The van der Waals surface area contributed by atoms with Crippen LogP contribution < -0.4 is 10.6 Å². The third-order valence-electron chi connectivity index (χ3n) is 5.42. The van der Waals surface area contributed by atoms with E-state index in [-0.39, 0.29) is 35.2 Å². The Balaban J connectivity index is 0.00000210. The van der Waals surface area contributed by atoms with Gasteiger partial charge in [0, 0.05) is 37.2 Å². The molecular weight excluding hydrogens is 388 g/mol. The van der Waals surface area contributed by atoms with Gasteiger partial charge in [0.15, 0.2) is 5.84 Å². The largest absolute Gasteiger partial charge is 0.355 e. The number of fused-ring (bicyclic) bond motifs is 1. The lowest BCUT2D eigenvalue weighted by Gasteiger charge is -2.34. The highest BCUT2D eigenvalue weighted by atomic mass is 35.5. The van der Waals surface area contributed by atoms with Crippen molar-refractivity contribution in [3.05, 3.63) is 29.8 Å². The first-order valence-corrected chi connectivity index (χ1v) is 10.7. The van der Waals surface area contributed by atoms with Crippen LogP contribution >= 0.6 is 12.4 Å². The first kappa shape index (κ1) is 20.1. The molecule has 1 atom stereocenters. The number of nitrogens with zero attached hydrogens (tertiary/aromatic N) is 2. The van der Waals surface area contributed by atoms with Gasteiger partial charge in [-0.15, -0.1) is 16.8 Å². The lowest BCUT2D eigenvalue weighted by atomic mass is 9.94. The van der Waals surface area contributed by atoms with Crippen LogP contribution in [-0.4, -0.2) is 57.3 Å². The molecule has 7 nitrogen and oxygen atoms in total. The van der Waals surface area contributed by atoms with Crippen molar-refractivity contribution in [3.63, 3.8) is 0 Å². The van der Waals surface area contributed by atoms with Crippen LogP contribution in [0.15, 0.2) is 33.6 Å². The highest BCUT2D eigenvalue weighted by Crippen LogP contribution is 2.29. The summed E-state index contributed by atoms with van der Waals surface area (Å²) in [6.45, 7) is 3.15. The SMILES string of the molecule is Cl.O=C(N[C@H]1CCCNC1)C1CCN(C2=NS(=O)(=O)c3ccccc32)CC1. The predicted molar refractivity (Wildman–Crippen MR) is 106 cm³/mol. The normalized spacial score (nSPS) is 24.5. The summed E-state index contributed by atoms with van der Waals surface area (Å²) in [6, 6.07) is 7.16. The summed E-state index contributed by atoms with van der Waals surface area (Å²) in [5.74, 6) is 0.637. The van der Waals surface area contributed by atoms with Crippen molar-refractivity contribution in [1.82, 2.24) is 15.5 Å². The summed E-state index contributed by atoms with van der Waals surface area (Å²) in [7, 11) is -3.59. The molecule has 0 saturated carbocycles. The van der Waals surface area contributed by atoms with Crippen LogP contribution in [0.4, 0.5) is 0 Å². The topological polar surface area (TPSA) is 90.9 Å². The molecule has 9 heteroatoms. The van der Waals surface area contributed by atoms with Gasteiger partial charge in [-0.25, -0.2) is 0 Å². The molecule has 27 heavy (non-hydrogen) atoms. The van der Waals surface area contributed by atoms with Crippen LogP contribution in [0.3, 0.4) is 0 Å². The fourth-order valence-electron chi connectivity index (χ4n) is 3.96. The lowest BCUT2D eigenvalue weighted by molar-refractivity contribution is -0.127. The maximum Gasteiger partial charge on any atom is 0.285 e. The summed E-state index contributed by atoms with van der Waals surface area (Å²) < 4.78 is 28.4. The van der Waals surface area contributed by atoms with E-state index < -0.39 is 10.0 Å². The third-order valence-corrected chi connectivity index (χ3v) is 6.75. The molecule has 2 N–H and O–H groups in total. The number of carbonyl (C=O) groups excluding carboxylic acids is 1. The van der Waals surface area contributed by atoms with Crippen molar-refractivity contribution in [2.24, 2.45) is 10.3 Å². The van der Waals surface area contributed by atoms with Gasteiger partial charge in [-0.2, -0.15) is 8.42 Å². The summed E-state index contributed by atoms with van der Waals surface area (Å²) in [5.41, 5.74) is 0.670. The number of carbonyl (C=O) groups is 1.